The van der Waals surface area contributed by atoms with Crippen molar-refractivity contribution in [2.75, 3.05) is 29.9 Å². The Bertz CT molecular complexity index is 580. The lowest BCUT2D eigenvalue weighted by atomic mass is 10.1. The fourth-order valence-electron chi connectivity index (χ4n) is 2.48. The Hall–Kier alpha value is -1.81. The van der Waals surface area contributed by atoms with Crippen LogP contribution in [-0.2, 0) is 6.42 Å². The largest absolute Gasteiger partial charge is 0.370 e. The average molecular weight is 333 g/mol. The van der Waals surface area contributed by atoms with E-state index < -0.39 is 0 Å². The molecule has 0 aliphatic heterocycles. The zero-order valence-corrected chi connectivity index (χ0v) is 14.7. The number of nitrogens with zero attached hydrogens (tertiary/aromatic N) is 3. The molecule has 0 spiro atoms. The molecule has 0 unspecified atom stereocenters. The molecule has 0 saturated heterocycles. The van der Waals surface area contributed by atoms with Gasteiger partial charge in [0.1, 0.15) is 18.0 Å². The monoisotopic (exact) mass is 332 g/mol. The summed E-state index contributed by atoms with van der Waals surface area (Å²) < 4.78 is 0. The van der Waals surface area contributed by atoms with Crippen molar-refractivity contribution < 1.29 is 0 Å². The second kappa shape index (κ2) is 9.36. The third kappa shape index (κ3) is 5.71. The number of aromatic nitrogens is 2. The van der Waals surface area contributed by atoms with Gasteiger partial charge in [-0.15, -0.1) is 0 Å². The first-order valence-corrected chi connectivity index (χ1v) is 8.66. The van der Waals surface area contributed by atoms with Crippen molar-refractivity contribution in [1.29, 1.82) is 0 Å². The minimum atomic E-state index is 0.772. The highest BCUT2D eigenvalue weighted by Gasteiger charge is 2.07. The summed E-state index contributed by atoms with van der Waals surface area (Å²) in [6.07, 6.45) is 4.80. The molecule has 23 heavy (non-hydrogen) atoms. The van der Waals surface area contributed by atoms with Gasteiger partial charge in [-0.1, -0.05) is 37.6 Å². The van der Waals surface area contributed by atoms with Gasteiger partial charge in [0.25, 0.3) is 0 Å². The van der Waals surface area contributed by atoms with Crippen molar-refractivity contribution in [2.24, 2.45) is 0 Å². The number of nitrogens with one attached hydrogen (secondary N) is 1. The van der Waals surface area contributed by atoms with Crippen LogP contribution in [0.1, 0.15) is 32.3 Å². The number of benzene rings is 1. The van der Waals surface area contributed by atoms with E-state index in [1.165, 1.54) is 5.56 Å². The average Bonchev–Trinajstić information content (AvgIpc) is 2.57. The number of hydrogen-bond acceptors (Lipinski definition) is 4. The summed E-state index contributed by atoms with van der Waals surface area (Å²) in [5, 5.41) is 4.15. The van der Waals surface area contributed by atoms with Crippen LogP contribution < -0.4 is 10.2 Å². The molecule has 1 heterocycles. The minimum absolute atomic E-state index is 0.772. The molecule has 1 aromatic carbocycles. The summed E-state index contributed by atoms with van der Waals surface area (Å²) in [5.41, 5.74) is 1.26. The van der Waals surface area contributed by atoms with Crippen LogP contribution in [0.2, 0.25) is 5.02 Å². The quantitative estimate of drug-likeness (QED) is 0.738. The lowest BCUT2D eigenvalue weighted by molar-refractivity contribution is 0.732. The van der Waals surface area contributed by atoms with E-state index in [9.17, 15) is 0 Å². The molecular weight excluding hydrogens is 308 g/mol. The number of rotatable bonds is 9. The topological polar surface area (TPSA) is 41.0 Å². The van der Waals surface area contributed by atoms with Gasteiger partial charge in [-0.05, 0) is 37.0 Å². The van der Waals surface area contributed by atoms with Crippen molar-refractivity contribution in [2.45, 2.75) is 33.1 Å². The van der Waals surface area contributed by atoms with Crippen LogP contribution in [0.15, 0.2) is 36.7 Å². The normalized spacial score (nSPS) is 10.6. The molecule has 4 nitrogen and oxygen atoms in total. The van der Waals surface area contributed by atoms with Crippen LogP contribution in [0.5, 0.6) is 0 Å². The van der Waals surface area contributed by atoms with Crippen LogP contribution in [0.3, 0.4) is 0 Å². The van der Waals surface area contributed by atoms with Crippen molar-refractivity contribution in [3.05, 3.63) is 47.2 Å². The van der Waals surface area contributed by atoms with E-state index in [1.807, 2.05) is 18.2 Å². The molecule has 0 bridgehead atoms. The van der Waals surface area contributed by atoms with Crippen molar-refractivity contribution in [3.63, 3.8) is 0 Å². The Morgan fingerprint density at radius 3 is 2.39 bits per heavy atom. The highest BCUT2D eigenvalue weighted by Crippen LogP contribution is 2.15. The lowest BCUT2D eigenvalue weighted by Gasteiger charge is -2.22. The molecule has 0 aliphatic rings. The second-order valence-corrected chi connectivity index (χ2v) is 5.99. The molecule has 2 rings (SSSR count). The molecular formula is C18H25ClN4. The summed E-state index contributed by atoms with van der Waals surface area (Å²) >= 11 is 5.90. The third-order valence-corrected chi connectivity index (χ3v) is 3.85. The van der Waals surface area contributed by atoms with Gasteiger partial charge in [-0.25, -0.2) is 9.97 Å². The third-order valence-electron chi connectivity index (χ3n) is 3.60. The van der Waals surface area contributed by atoms with E-state index >= 15 is 0 Å². The predicted octanol–water partition coefficient (Wildman–Crippen LogP) is 4.41. The van der Waals surface area contributed by atoms with Gasteiger partial charge in [-0.3, -0.25) is 0 Å². The van der Waals surface area contributed by atoms with E-state index in [0.29, 0.717) is 0 Å². The molecule has 0 radical (unpaired) electrons. The van der Waals surface area contributed by atoms with Gasteiger partial charge in [0.15, 0.2) is 0 Å². The molecule has 5 heteroatoms. The van der Waals surface area contributed by atoms with E-state index in [0.717, 1.165) is 55.6 Å². The molecule has 124 valence electrons. The summed E-state index contributed by atoms with van der Waals surface area (Å²) in [6, 6.07) is 9.99. The highest BCUT2D eigenvalue weighted by atomic mass is 35.5. The zero-order chi connectivity index (χ0) is 16.5. The van der Waals surface area contributed by atoms with Crippen LogP contribution in [-0.4, -0.2) is 29.6 Å². The van der Waals surface area contributed by atoms with E-state index in [1.54, 1.807) is 6.33 Å². The van der Waals surface area contributed by atoms with Gasteiger partial charge < -0.3 is 10.2 Å². The molecule has 0 fully saturated rings. The fourth-order valence-corrected chi connectivity index (χ4v) is 2.61. The Kier molecular flexibility index (Phi) is 7.14. The Balaban J connectivity index is 1.92. The maximum atomic E-state index is 5.90. The SMILES string of the molecule is CCCN(CCC)c1cc(NCCc2ccc(Cl)cc2)ncn1. The zero-order valence-electron chi connectivity index (χ0n) is 13.9. The molecule has 2 aromatic rings. The Morgan fingerprint density at radius 1 is 1.04 bits per heavy atom. The lowest BCUT2D eigenvalue weighted by Crippen LogP contribution is -2.26. The maximum Gasteiger partial charge on any atom is 0.134 e. The number of halogens is 1. The number of hydrogen-bond donors (Lipinski definition) is 1. The molecule has 1 aromatic heterocycles. The van der Waals surface area contributed by atoms with Crippen molar-refractivity contribution >= 4 is 23.2 Å². The van der Waals surface area contributed by atoms with Gasteiger partial charge >= 0.3 is 0 Å². The Morgan fingerprint density at radius 2 is 1.74 bits per heavy atom. The molecule has 1 N–H and O–H groups in total. The first kappa shape index (κ1) is 17.5. The van der Waals surface area contributed by atoms with Crippen LogP contribution in [0, 0.1) is 0 Å². The van der Waals surface area contributed by atoms with E-state index in [4.69, 9.17) is 11.6 Å². The summed E-state index contributed by atoms with van der Waals surface area (Å²) in [5.74, 6) is 1.87. The fraction of sp³-hybridized carbons (Fsp3) is 0.444. The Labute approximate surface area is 143 Å². The van der Waals surface area contributed by atoms with Gasteiger partial charge in [0.05, 0.1) is 0 Å². The molecule has 0 saturated carbocycles. The summed E-state index contributed by atoms with van der Waals surface area (Å²) in [7, 11) is 0. The smallest absolute Gasteiger partial charge is 0.134 e. The second-order valence-electron chi connectivity index (χ2n) is 5.55. The highest BCUT2D eigenvalue weighted by molar-refractivity contribution is 6.30. The number of anilines is 2. The van der Waals surface area contributed by atoms with Gasteiger partial charge in [-0.2, -0.15) is 0 Å². The van der Waals surface area contributed by atoms with Crippen molar-refractivity contribution in [1.82, 2.24) is 9.97 Å². The van der Waals surface area contributed by atoms with E-state index in [-0.39, 0.29) is 0 Å². The standard InChI is InChI=1S/C18H25ClN4/c1-3-11-23(12-4-2)18-13-17(21-14-22-18)20-10-9-15-5-7-16(19)8-6-15/h5-8,13-14H,3-4,9-12H2,1-2H3,(H,20,21,22). The summed E-state index contributed by atoms with van der Waals surface area (Å²) in [6.45, 7) is 7.26. The summed E-state index contributed by atoms with van der Waals surface area (Å²) in [4.78, 5) is 11.0. The van der Waals surface area contributed by atoms with Gasteiger partial charge in [0, 0.05) is 30.7 Å². The van der Waals surface area contributed by atoms with Crippen LogP contribution in [0.25, 0.3) is 0 Å². The van der Waals surface area contributed by atoms with Crippen LogP contribution >= 0.6 is 11.6 Å². The molecule has 0 amide bonds. The molecule has 0 atom stereocenters. The maximum absolute atomic E-state index is 5.90. The first-order valence-electron chi connectivity index (χ1n) is 8.28. The predicted molar refractivity (Wildman–Crippen MR) is 98.5 cm³/mol. The molecule has 0 aliphatic carbocycles. The van der Waals surface area contributed by atoms with Crippen LogP contribution in [0.4, 0.5) is 11.6 Å². The van der Waals surface area contributed by atoms with Crippen molar-refractivity contribution in [3.8, 4) is 0 Å². The van der Waals surface area contributed by atoms with Gasteiger partial charge in [0.2, 0.25) is 0 Å². The van der Waals surface area contributed by atoms with E-state index in [2.05, 4.69) is 46.2 Å². The first-order chi connectivity index (χ1) is 11.2. The minimum Gasteiger partial charge on any atom is -0.370 e.